The molecule has 0 aromatic heterocycles. The first-order valence-corrected chi connectivity index (χ1v) is 7.01. The van der Waals surface area contributed by atoms with Crippen molar-refractivity contribution in [1.29, 1.82) is 0 Å². The van der Waals surface area contributed by atoms with Gasteiger partial charge in [0.05, 0.1) is 6.61 Å². The lowest BCUT2D eigenvalue weighted by Gasteiger charge is -2.29. The van der Waals surface area contributed by atoms with E-state index in [-0.39, 0.29) is 0 Å². The quantitative estimate of drug-likeness (QED) is 0.781. The van der Waals surface area contributed by atoms with E-state index in [0.29, 0.717) is 0 Å². The average molecular weight is 248 g/mol. The zero-order chi connectivity index (χ0) is 12.8. The fraction of sp³-hybridized carbons (Fsp3) is 0.600. The summed E-state index contributed by atoms with van der Waals surface area (Å²) in [7, 11) is 0. The summed E-state index contributed by atoms with van der Waals surface area (Å²) in [6.45, 7) is 9.99. The lowest BCUT2D eigenvalue weighted by atomic mass is 9.98. The van der Waals surface area contributed by atoms with Crippen molar-refractivity contribution in [2.24, 2.45) is 0 Å². The molecule has 1 aromatic rings. The Hall–Kier alpha value is -1.06. The standard InChI is InChI=1S/C15H24N2O/c1-3-17(10-11-18-4-2)15-7-5-6-13-12-16-9-8-14(13)15/h5-7,16H,3-4,8-12H2,1-2H3. The van der Waals surface area contributed by atoms with Crippen molar-refractivity contribution in [3.8, 4) is 0 Å². The molecule has 18 heavy (non-hydrogen) atoms. The van der Waals surface area contributed by atoms with Gasteiger partial charge in [0.1, 0.15) is 0 Å². The third-order valence-electron chi connectivity index (χ3n) is 3.55. The van der Waals surface area contributed by atoms with E-state index in [1.807, 2.05) is 6.92 Å². The fourth-order valence-corrected chi connectivity index (χ4v) is 2.58. The van der Waals surface area contributed by atoms with Gasteiger partial charge in [-0.1, -0.05) is 12.1 Å². The minimum absolute atomic E-state index is 0.800. The van der Waals surface area contributed by atoms with Crippen LogP contribution < -0.4 is 10.2 Å². The van der Waals surface area contributed by atoms with E-state index in [4.69, 9.17) is 4.74 Å². The van der Waals surface area contributed by atoms with Crippen molar-refractivity contribution < 1.29 is 4.74 Å². The largest absolute Gasteiger partial charge is 0.380 e. The Labute approximate surface area is 110 Å². The topological polar surface area (TPSA) is 24.5 Å². The monoisotopic (exact) mass is 248 g/mol. The first-order valence-electron chi connectivity index (χ1n) is 7.01. The van der Waals surface area contributed by atoms with Crippen molar-refractivity contribution in [1.82, 2.24) is 5.32 Å². The molecule has 0 atom stereocenters. The number of nitrogens with zero attached hydrogens (tertiary/aromatic N) is 1. The molecule has 0 fully saturated rings. The molecular weight excluding hydrogens is 224 g/mol. The van der Waals surface area contributed by atoms with Crippen molar-refractivity contribution in [3.63, 3.8) is 0 Å². The molecule has 0 saturated heterocycles. The highest BCUT2D eigenvalue weighted by atomic mass is 16.5. The highest BCUT2D eigenvalue weighted by Gasteiger charge is 2.15. The molecule has 0 saturated carbocycles. The summed E-state index contributed by atoms with van der Waals surface area (Å²) in [5.74, 6) is 0. The van der Waals surface area contributed by atoms with Gasteiger partial charge in [-0.15, -0.1) is 0 Å². The number of ether oxygens (including phenoxy) is 1. The number of anilines is 1. The smallest absolute Gasteiger partial charge is 0.0641 e. The molecule has 0 spiro atoms. The Morgan fingerprint density at radius 2 is 2.22 bits per heavy atom. The molecule has 3 heteroatoms. The number of benzene rings is 1. The molecule has 1 aliphatic heterocycles. The number of likely N-dealkylation sites (N-methyl/N-ethyl adjacent to an activating group) is 1. The van der Waals surface area contributed by atoms with Gasteiger partial charge in [-0.05, 0) is 44.0 Å². The van der Waals surface area contributed by atoms with Crippen LogP contribution in [0.3, 0.4) is 0 Å². The summed E-state index contributed by atoms with van der Waals surface area (Å²) in [5.41, 5.74) is 4.37. The highest BCUT2D eigenvalue weighted by molar-refractivity contribution is 5.57. The van der Waals surface area contributed by atoms with Crippen molar-refractivity contribution >= 4 is 5.69 Å². The molecule has 0 radical (unpaired) electrons. The van der Waals surface area contributed by atoms with E-state index in [9.17, 15) is 0 Å². The van der Waals surface area contributed by atoms with Gasteiger partial charge in [-0.2, -0.15) is 0 Å². The second kappa shape index (κ2) is 6.76. The Kier molecular flexibility index (Phi) is 5.02. The zero-order valence-electron chi connectivity index (χ0n) is 11.5. The lowest BCUT2D eigenvalue weighted by molar-refractivity contribution is 0.154. The second-order valence-corrected chi connectivity index (χ2v) is 4.62. The van der Waals surface area contributed by atoms with Gasteiger partial charge in [0, 0.05) is 31.9 Å². The Morgan fingerprint density at radius 3 is 3.00 bits per heavy atom. The number of hydrogen-bond donors (Lipinski definition) is 1. The van der Waals surface area contributed by atoms with Crippen LogP contribution in [0.1, 0.15) is 25.0 Å². The molecule has 3 nitrogen and oxygen atoms in total. The molecule has 0 aliphatic carbocycles. The maximum atomic E-state index is 5.48. The lowest BCUT2D eigenvalue weighted by Crippen LogP contribution is -2.31. The number of nitrogens with one attached hydrogen (secondary N) is 1. The van der Waals surface area contributed by atoms with Crippen LogP contribution in [0.25, 0.3) is 0 Å². The Morgan fingerprint density at radius 1 is 1.33 bits per heavy atom. The molecule has 1 aliphatic rings. The molecular formula is C15H24N2O. The van der Waals surface area contributed by atoms with Crippen LogP contribution >= 0.6 is 0 Å². The van der Waals surface area contributed by atoms with Crippen LogP contribution in [0.15, 0.2) is 18.2 Å². The molecule has 0 amide bonds. The SMILES string of the molecule is CCOCCN(CC)c1cccc2c1CCNC2. The van der Waals surface area contributed by atoms with Crippen LogP contribution in [0.2, 0.25) is 0 Å². The van der Waals surface area contributed by atoms with Crippen molar-refractivity contribution in [2.45, 2.75) is 26.8 Å². The number of fused-ring (bicyclic) bond motifs is 1. The summed E-state index contributed by atoms with van der Waals surface area (Å²) in [5, 5.41) is 3.43. The summed E-state index contributed by atoms with van der Waals surface area (Å²) in [6, 6.07) is 6.66. The maximum absolute atomic E-state index is 5.48. The summed E-state index contributed by atoms with van der Waals surface area (Å²) >= 11 is 0. The summed E-state index contributed by atoms with van der Waals surface area (Å²) in [4.78, 5) is 2.43. The summed E-state index contributed by atoms with van der Waals surface area (Å²) in [6.07, 6.45) is 1.14. The minimum Gasteiger partial charge on any atom is -0.380 e. The van der Waals surface area contributed by atoms with Crippen LogP contribution in [-0.2, 0) is 17.7 Å². The van der Waals surface area contributed by atoms with Gasteiger partial charge in [0.2, 0.25) is 0 Å². The van der Waals surface area contributed by atoms with E-state index < -0.39 is 0 Å². The first-order chi connectivity index (χ1) is 8.86. The first kappa shape index (κ1) is 13.4. The molecule has 0 unspecified atom stereocenters. The zero-order valence-corrected chi connectivity index (χ0v) is 11.5. The van der Waals surface area contributed by atoms with Crippen LogP contribution in [0.5, 0.6) is 0 Å². The van der Waals surface area contributed by atoms with Crippen LogP contribution in [0.4, 0.5) is 5.69 Å². The number of rotatable bonds is 6. The minimum atomic E-state index is 0.800. The van der Waals surface area contributed by atoms with Crippen molar-refractivity contribution in [3.05, 3.63) is 29.3 Å². The molecule has 100 valence electrons. The molecule has 1 heterocycles. The van der Waals surface area contributed by atoms with Gasteiger partial charge in [-0.25, -0.2) is 0 Å². The fourth-order valence-electron chi connectivity index (χ4n) is 2.58. The van der Waals surface area contributed by atoms with Gasteiger partial charge < -0.3 is 15.0 Å². The third-order valence-corrected chi connectivity index (χ3v) is 3.55. The van der Waals surface area contributed by atoms with Gasteiger partial charge in [0.15, 0.2) is 0 Å². The summed E-state index contributed by atoms with van der Waals surface area (Å²) < 4.78 is 5.48. The predicted octanol–water partition coefficient (Wildman–Crippen LogP) is 2.20. The van der Waals surface area contributed by atoms with E-state index in [0.717, 1.165) is 45.8 Å². The van der Waals surface area contributed by atoms with E-state index in [1.165, 1.54) is 16.8 Å². The molecule has 1 aromatic carbocycles. The highest BCUT2D eigenvalue weighted by Crippen LogP contribution is 2.26. The van der Waals surface area contributed by atoms with Crippen molar-refractivity contribution in [2.75, 3.05) is 37.7 Å². The average Bonchev–Trinajstić information content (AvgIpc) is 2.43. The van der Waals surface area contributed by atoms with Gasteiger partial charge in [0.25, 0.3) is 0 Å². The maximum Gasteiger partial charge on any atom is 0.0641 e. The normalized spacial score (nSPS) is 14.3. The Balaban J connectivity index is 2.14. The molecule has 0 bridgehead atoms. The van der Waals surface area contributed by atoms with Crippen LogP contribution in [-0.4, -0.2) is 32.8 Å². The third kappa shape index (κ3) is 3.03. The van der Waals surface area contributed by atoms with Crippen LogP contribution in [0, 0.1) is 0 Å². The van der Waals surface area contributed by atoms with Gasteiger partial charge >= 0.3 is 0 Å². The van der Waals surface area contributed by atoms with E-state index in [2.05, 4.69) is 35.3 Å². The predicted molar refractivity (Wildman–Crippen MR) is 76.2 cm³/mol. The molecule has 2 rings (SSSR count). The molecule has 1 N–H and O–H groups in total. The second-order valence-electron chi connectivity index (χ2n) is 4.62. The van der Waals surface area contributed by atoms with Gasteiger partial charge in [-0.3, -0.25) is 0 Å². The Bertz CT molecular complexity index is 379. The van der Waals surface area contributed by atoms with E-state index >= 15 is 0 Å². The number of hydrogen-bond acceptors (Lipinski definition) is 3. The van der Waals surface area contributed by atoms with E-state index in [1.54, 1.807) is 0 Å².